The van der Waals surface area contributed by atoms with Crippen molar-refractivity contribution in [2.75, 3.05) is 0 Å². The van der Waals surface area contributed by atoms with Crippen molar-refractivity contribution >= 4 is 0 Å². The first kappa shape index (κ1) is 12.8. The number of nitriles is 4. The van der Waals surface area contributed by atoms with Crippen LogP contribution in [0.5, 0.6) is 0 Å². The molecule has 1 aliphatic rings. The minimum absolute atomic E-state index is 0.201. The fourth-order valence-electron chi connectivity index (χ4n) is 2.27. The van der Waals surface area contributed by atoms with Crippen LogP contribution in [-0.2, 0) is 0 Å². The first-order valence-corrected chi connectivity index (χ1v) is 5.47. The Balaban J connectivity index is 2.84. The summed E-state index contributed by atoms with van der Waals surface area (Å²) in [7, 11) is 0. The van der Waals surface area contributed by atoms with Crippen molar-refractivity contribution in [2.24, 2.45) is 5.41 Å². The van der Waals surface area contributed by atoms with Crippen LogP contribution in [0.4, 0.5) is 0 Å². The van der Waals surface area contributed by atoms with E-state index in [-0.39, 0.29) is 11.0 Å². The van der Waals surface area contributed by atoms with E-state index in [1.807, 2.05) is 12.1 Å². The normalized spacial score (nSPS) is 17.1. The monoisotopic (exact) mass is 224 g/mol. The Bertz CT molecular complexity index is 443. The van der Waals surface area contributed by atoms with Crippen molar-refractivity contribution in [1.29, 1.82) is 21.0 Å². The molecular weight excluding hydrogens is 212 g/mol. The van der Waals surface area contributed by atoms with E-state index >= 15 is 0 Å². The largest absolute Gasteiger partial charge is 0.198 e. The van der Waals surface area contributed by atoms with Gasteiger partial charge in [-0.25, -0.2) is 0 Å². The van der Waals surface area contributed by atoms with Crippen LogP contribution in [-0.4, -0.2) is 0 Å². The fourth-order valence-corrected chi connectivity index (χ4v) is 2.27. The van der Waals surface area contributed by atoms with E-state index in [4.69, 9.17) is 21.0 Å². The molecule has 0 atom stereocenters. The van der Waals surface area contributed by atoms with Gasteiger partial charge in [-0.1, -0.05) is 0 Å². The van der Waals surface area contributed by atoms with Gasteiger partial charge in [0.15, 0.2) is 0 Å². The third kappa shape index (κ3) is 2.84. The molecular formula is C13H12N4. The molecule has 1 aliphatic carbocycles. The average molecular weight is 224 g/mol. The maximum Gasteiger partial charge on any atom is 0.128 e. The van der Waals surface area contributed by atoms with E-state index < -0.39 is 0 Å². The minimum Gasteiger partial charge on any atom is -0.198 e. The zero-order valence-corrected chi connectivity index (χ0v) is 9.53. The summed E-state index contributed by atoms with van der Waals surface area (Å²) in [6.07, 6.45) is 3.50. The number of allylic oxidation sites excluding steroid dienone is 2. The van der Waals surface area contributed by atoms with Crippen molar-refractivity contribution < 1.29 is 0 Å². The van der Waals surface area contributed by atoms with Crippen LogP contribution in [0.1, 0.15) is 38.5 Å². The molecule has 0 aromatic carbocycles. The first-order chi connectivity index (χ1) is 8.21. The van der Waals surface area contributed by atoms with Gasteiger partial charge in [-0.3, -0.25) is 0 Å². The molecule has 0 aromatic heterocycles. The van der Waals surface area contributed by atoms with Crippen LogP contribution in [0.3, 0.4) is 0 Å². The van der Waals surface area contributed by atoms with Crippen LogP contribution in [0.15, 0.2) is 11.1 Å². The summed E-state index contributed by atoms with van der Waals surface area (Å²) in [6.45, 7) is 0. The van der Waals surface area contributed by atoms with E-state index in [9.17, 15) is 0 Å². The van der Waals surface area contributed by atoms with Gasteiger partial charge in [0.2, 0.25) is 0 Å². The van der Waals surface area contributed by atoms with Gasteiger partial charge in [-0.2, -0.15) is 21.0 Å². The zero-order chi connectivity index (χ0) is 12.7. The highest BCUT2D eigenvalue weighted by Crippen LogP contribution is 2.44. The molecule has 0 aliphatic heterocycles. The Kier molecular flexibility index (Phi) is 4.28. The predicted octanol–water partition coefficient (Wildman–Crippen LogP) is 2.72. The van der Waals surface area contributed by atoms with Gasteiger partial charge in [0.25, 0.3) is 0 Å². The Morgan fingerprint density at radius 3 is 1.76 bits per heavy atom. The highest BCUT2D eigenvalue weighted by Gasteiger charge is 2.34. The summed E-state index contributed by atoms with van der Waals surface area (Å²) in [6, 6.07) is 8.08. The van der Waals surface area contributed by atoms with Crippen LogP contribution in [0, 0.1) is 50.7 Å². The highest BCUT2D eigenvalue weighted by atomic mass is 14.4. The molecule has 0 amide bonds. The van der Waals surface area contributed by atoms with Crippen LogP contribution < -0.4 is 0 Å². The van der Waals surface area contributed by atoms with E-state index in [1.165, 1.54) is 0 Å². The van der Waals surface area contributed by atoms with Crippen molar-refractivity contribution in [3.05, 3.63) is 11.1 Å². The maximum absolute atomic E-state index is 8.80. The summed E-state index contributed by atoms with van der Waals surface area (Å²) in [5.74, 6) is 0. The molecule has 17 heavy (non-hydrogen) atoms. The van der Waals surface area contributed by atoms with Crippen LogP contribution in [0.25, 0.3) is 0 Å². The molecule has 0 unspecified atom stereocenters. The van der Waals surface area contributed by atoms with Gasteiger partial charge in [-0.15, -0.1) is 0 Å². The number of hydrogen-bond donors (Lipinski definition) is 0. The number of hydrogen-bond acceptors (Lipinski definition) is 4. The second kappa shape index (κ2) is 5.69. The molecule has 0 radical (unpaired) electrons. The Labute approximate surface area is 101 Å². The van der Waals surface area contributed by atoms with Gasteiger partial charge in [0, 0.05) is 12.8 Å². The van der Waals surface area contributed by atoms with Crippen molar-refractivity contribution in [3.63, 3.8) is 0 Å². The van der Waals surface area contributed by atoms with Gasteiger partial charge in [0.1, 0.15) is 17.7 Å². The predicted molar refractivity (Wildman–Crippen MR) is 59.6 cm³/mol. The highest BCUT2D eigenvalue weighted by molar-refractivity contribution is 5.40. The van der Waals surface area contributed by atoms with Gasteiger partial charge >= 0.3 is 0 Å². The van der Waals surface area contributed by atoms with Crippen molar-refractivity contribution in [2.45, 2.75) is 38.5 Å². The molecule has 4 nitrogen and oxygen atoms in total. The van der Waals surface area contributed by atoms with Crippen molar-refractivity contribution in [3.8, 4) is 24.3 Å². The Morgan fingerprint density at radius 1 is 0.941 bits per heavy atom. The molecule has 4 heteroatoms. The third-order valence-electron chi connectivity index (χ3n) is 3.40. The molecule has 1 fully saturated rings. The lowest BCUT2D eigenvalue weighted by Crippen LogP contribution is -2.24. The van der Waals surface area contributed by atoms with Gasteiger partial charge in [0.05, 0.1) is 12.1 Å². The lowest BCUT2D eigenvalue weighted by Gasteiger charge is -2.34. The van der Waals surface area contributed by atoms with Crippen molar-refractivity contribution in [1.82, 2.24) is 0 Å². The Morgan fingerprint density at radius 2 is 1.41 bits per heavy atom. The standard InChI is InChI=1S/C13H12N4/c14-7-5-13(6-8-15)3-1-11(2-4-13)12(9-16)10-17/h1-6H2. The van der Waals surface area contributed by atoms with Crippen LogP contribution >= 0.6 is 0 Å². The average Bonchev–Trinajstić information content (AvgIpc) is 2.34. The maximum atomic E-state index is 8.80. The van der Waals surface area contributed by atoms with E-state index in [1.54, 1.807) is 0 Å². The van der Waals surface area contributed by atoms with E-state index in [0.29, 0.717) is 25.7 Å². The molecule has 0 spiro atoms. The van der Waals surface area contributed by atoms with Gasteiger partial charge in [-0.05, 0) is 36.7 Å². The molecule has 1 saturated carbocycles. The smallest absolute Gasteiger partial charge is 0.128 e. The Hall–Kier alpha value is -2.30. The molecule has 0 aromatic rings. The lowest BCUT2D eigenvalue weighted by molar-refractivity contribution is 0.227. The second-order valence-corrected chi connectivity index (χ2v) is 4.37. The second-order valence-electron chi connectivity index (χ2n) is 4.37. The topological polar surface area (TPSA) is 95.2 Å². The quantitative estimate of drug-likeness (QED) is 0.673. The SMILES string of the molecule is N#CCC1(CC#N)CCC(=C(C#N)C#N)CC1. The molecule has 84 valence electrons. The first-order valence-electron chi connectivity index (χ1n) is 5.47. The molecule has 0 bridgehead atoms. The minimum atomic E-state index is -0.233. The summed E-state index contributed by atoms with van der Waals surface area (Å²) >= 11 is 0. The number of nitrogens with zero attached hydrogens (tertiary/aromatic N) is 4. The number of rotatable bonds is 2. The van der Waals surface area contributed by atoms with Gasteiger partial charge < -0.3 is 0 Å². The van der Waals surface area contributed by atoms with E-state index in [0.717, 1.165) is 18.4 Å². The van der Waals surface area contributed by atoms with Crippen LogP contribution in [0.2, 0.25) is 0 Å². The van der Waals surface area contributed by atoms with E-state index in [2.05, 4.69) is 12.1 Å². The third-order valence-corrected chi connectivity index (χ3v) is 3.40. The molecule has 0 heterocycles. The molecule has 1 rings (SSSR count). The lowest BCUT2D eigenvalue weighted by atomic mass is 9.68. The summed E-state index contributed by atoms with van der Waals surface area (Å²) < 4.78 is 0. The zero-order valence-electron chi connectivity index (χ0n) is 9.53. The molecule has 0 saturated heterocycles. The fraction of sp³-hybridized carbons (Fsp3) is 0.538. The summed E-state index contributed by atoms with van der Waals surface area (Å²) in [4.78, 5) is 0. The summed E-state index contributed by atoms with van der Waals surface area (Å²) in [5, 5.41) is 35.2. The molecule has 0 N–H and O–H groups in total. The summed E-state index contributed by atoms with van der Waals surface area (Å²) in [5.41, 5.74) is 0.845.